The molecule has 2 aromatic carbocycles. The number of nitrogens with one attached hydrogen (secondary N) is 1. The first-order valence-electron chi connectivity index (χ1n) is 13.7. The molecule has 204 valence electrons. The molecule has 8 nitrogen and oxygen atoms in total. The number of ether oxygens (including phenoxy) is 1. The Balaban J connectivity index is 1.35. The van der Waals surface area contributed by atoms with Gasteiger partial charge in [-0.25, -0.2) is 9.37 Å². The highest BCUT2D eigenvalue weighted by Crippen LogP contribution is 2.42. The van der Waals surface area contributed by atoms with Crippen molar-refractivity contribution in [1.82, 2.24) is 25.2 Å². The van der Waals surface area contributed by atoms with Gasteiger partial charge in [0.05, 0.1) is 20.8 Å². The number of para-hydroxylation sites is 1. The monoisotopic (exact) mass is 567 g/mol. The topological polar surface area (TPSA) is 92.4 Å². The summed E-state index contributed by atoms with van der Waals surface area (Å²) in [6.07, 6.45) is 5.83. The minimum absolute atomic E-state index is 0.0235. The number of hydrogen-bond acceptors (Lipinski definition) is 9. The Morgan fingerprint density at radius 2 is 1.87 bits per heavy atom. The van der Waals surface area contributed by atoms with E-state index in [2.05, 4.69) is 25.1 Å². The summed E-state index contributed by atoms with van der Waals surface area (Å²) in [5, 5.41) is 4.67. The third-order valence-corrected chi connectivity index (χ3v) is 9.64. The lowest BCUT2D eigenvalue weighted by Crippen LogP contribution is -2.51. The number of piperidine rings is 1. The molecule has 0 radical (unpaired) electrons. The van der Waals surface area contributed by atoms with E-state index in [1.54, 1.807) is 6.07 Å². The summed E-state index contributed by atoms with van der Waals surface area (Å²) >= 11 is 8.17. The van der Waals surface area contributed by atoms with Gasteiger partial charge in [-0.3, -0.25) is 4.90 Å². The highest BCUT2D eigenvalue weighted by molar-refractivity contribution is 7.22. The van der Waals surface area contributed by atoms with E-state index in [1.165, 1.54) is 30.6 Å². The van der Waals surface area contributed by atoms with Crippen LogP contribution in [0.15, 0.2) is 24.3 Å². The van der Waals surface area contributed by atoms with Crippen molar-refractivity contribution in [2.75, 3.05) is 56.5 Å². The number of rotatable bonds is 5. The van der Waals surface area contributed by atoms with Crippen LogP contribution in [0.4, 0.5) is 15.3 Å². The molecule has 3 fully saturated rings. The summed E-state index contributed by atoms with van der Waals surface area (Å²) in [6, 6.07) is 7.61. The molecule has 4 aromatic rings. The molecule has 1 atom stereocenters. The summed E-state index contributed by atoms with van der Waals surface area (Å²) in [7, 11) is 0. The molecule has 39 heavy (non-hydrogen) atoms. The van der Waals surface area contributed by atoms with Crippen LogP contribution in [0.25, 0.3) is 32.2 Å². The maximum Gasteiger partial charge on any atom is 0.319 e. The summed E-state index contributed by atoms with van der Waals surface area (Å²) in [4.78, 5) is 18.7. The lowest BCUT2D eigenvalue weighted by molar-refractivity contribution is 0.0388. The fourth-order valence-corrected chi connectivity index (χ4v) is 7.63. The number of piperazine rings is 1. The molecule has 3 saturated heterocycles. The molecule has 7 rings (SSSR count). The SMILES string of the molecule is Nc1nc2c(-c3c(Cl)cc4c(N5CCNCC5)nc(OCC56CCCCN5CCC6)nc4c3F)cccc2s1. The molecular weight excluding hydrogens is 537 g/mol. The van der Waals surface area contributed by atoms with E-state index in [-0.39, 0.29) is 27.7 Å². The first kappa shape index (κ1) is 25.2. The van der Waals surface area contributed by atoms with Crippen molar-refractivity contribution in [3.8, 4) is 17.1 Å². The largest absolute Gasteiger partial charge is 0.461 e. The van der Waals surface area contributed by atoms with Crippen molar-refractivity contribution in [3.63, 3.8) is 0 Å². The molecule has 0 aliphatic carbocycles. The van der Waals surface area contributed by atoms with Gasteiger partial charge in [0.25, 0.3) is 0 Å². The van der Waals surface area contributed by atoms with E-state index < -0.39 is 5.82 Å². The van der Waals surface area contributed by atoms with Crippen LogP contribution >= 0.6 is 22.9 Å². The quantitative estimate of drug-likeness (QED) is 0.345. The van der Waals surface area contributed by atoms with Crippen LogP contribution in [-0.4, -0.2) is 71.3 Å². The minimum atomic E-state index is -0.501. The van der Waals surface area contributed by atoms with Crippen LogP contribution in [0.2, 0.25) is 5.02 Å². The van der Waals surface area contributed by atoms with Gasteiger partial charge in [-0.1, -0.05) is 41.5 Å². The van der Waals surface area contributed by atoms with Crippen LogP contribution in [0, 0.1) is 5.82 Å². The molecule has 3 N–H and O–H groups in total. The van der Waals surface area contributed by atoms with Gasteiger partial charge in [0.2, 0.25) is 0 Å². The number of nitrogen functional groups attached to an aromatic ring is 1. The molecule has 0 saturated carbocycles. The molecule has 0 bridgehead atoms. The number of hydrogen-bond donors (Lipinski definition) is 2. The lowest BCUT2D eigenvalue weighted by atomic mass is 9.87. The second kappa shape index (κ2) is 9.99. The van der Waals surface area contributed by atoms with Crippen LogP contribution in [0.1, 0.15) is 32.1 Å². The second-order valence-electron chi connectivity index (χ2n) is 10.8. The standard InChI is InChI=1S/C28H31ClFN7OS/c29-19-15-18-24(22(30)21(19)17-5-3-6-20-23(17)33-26(31)39-20)34-27(35-25(18)36-13-9-32-10-14-36)38-16-28-7-1-2-11-37(28)12-4-8-28/h3,5-6,15,32H,1-2,4,7-14,16H2,(H2,31,33). The van der Waals surface area contributed by atoms with Crippen LogP contribution in [-0.2, 0) is 0 Å². The fraction of sp³-hybridized carbons (Fsp3) is 0.464. The molecule has 1 unspecified atom stereocenters. The Hall–Kier alpha value is -2.79. The smallest absolute Gasteiger partial charge is 0.319 e. The summed E-state index contributed by atoms with van der Waals surface area (Å²) in [5.41, 5.74) is 7.71. The van der Waals surface area contributed by atoms with E-state index >= 15 is 4.39 Å². The molecule has 0 amide bonds. The number of nitrogens with zero attached hydrogens (tertiary/aromatic N) is 5. The van der Waals surface area contributed by atoms with Gasteiger partial charge in [0.15, 0.2) is 10.9 Å². The Kier molecular flexibility index (Phi) is 6.46. The van der Waals surface area contributed by atoms with Gasteiger partial charge in [-0.2, -0.15) is 9.97 Å². The zero-order valence-electron chi connectivity index (χ0n) is 21.7. The third-order valence-electron chi connectivity index (χ3n) is 8.49. The van der Waals surface area contributed by atoms with Crippen molar-refractivity contribution in [1.29, 1.82) is 0 Å². The van der Waals surface area contributed by atoms with Gasteiger partial charge in [-0.05, 0) is 50.9 Å². The van der Waals surface area contributed by atoms with Crippen molar-refractivity contribution in [2.24, 2.45) is 0 Å². The number of fused-ring (bicyclic) bond motifs is 3. The van der Waals surface area contributed by atoms with Gasteiger partial charge in [0.1, 0.15) is 17.9 Å². The molecule has 2 aromatic heterocycles. The first-order chi connectivity index (χ1) is 19.0. The maximum atomic E-state index is 16.6. The number of halogens is 2. The minimum Gasteiger partial charge on any atom is -0.461 e. The molecule has 5 heterocycles. The number of thiazole rings is 1. The highest BCUT2D eigenvalue weighted by atomic mass is 35.5. The summed E-state index contributed by atoms with van der Waals surface area (Å²) in [6.45, 7) is 5.87. The molecule has 3 aliphatic rings. The van der Waals surface area contributed by atoms with Crippen molar-refractivity contribution < 1.29 is 9.13 Å². The van der Waals surface area contributed by atoms with Crippen molar-refractivity contribution in [2.45, 2.75) is 37.6 Å². The van der Waals surface area contributed by atoms with E-state index in [1.807, 2.05) is 18.2 Å². The van der Waals surface area contributed by atoms with Crippen LogP contribution in [0.5, 0.6) is 6.01 Å². The van der Waals surface area contributed by atoms with Crippen molar-refractivity contribution >= 4 is 55.0 Å². The fourth-order valence-electron chi connectivity index (χ4n) is 6.57. The van der Waals surface area contributed by atoms with E-state index in [4.69, 9.17) is 27.1 Å². The summed E-state index contributed by atoms with van der Waals surface area (Å²) < 4.78 is 23.8. The number of aromatic nitrogens is 3. The van der Waals surface area contributed by atoms with Gasteiger partial charge < -0.3 is 20.7 Å². The molecule has 3 aliphatic heterocycles. The van der Waals surface area contributed by atoms with Gasteiger partial charge >= 0.3 is 6.01 Å². The summed E-state index contributed by atoms with van der Waals surface area (Å²) in [5.74, 6) is 0.155. The molecule has 0 spiro atoms. The molecular formula is C28H31ClFN7OS. The zero-order chi connectivity index (χ0) is 26.6. The van der Waals surface area contributed by atoms with Gasteiger partial charge in [0, 0.05) is 42.7 Å². The van der Waals surface area contributed by atoms with E-state index in [0.717, 1.165) is 56.8 Å². The van der Waals surface area contributed by atoms with Gasteiger partial charge in [-0.15, -0.1) is 0 Å². The molecule has 11 heteroatoms. The van der Waals surface area contributed by atoms with Crippen LogP contribution < -0.4 is 20.7 Å². The Morgan fingerprint density at radius 1 is 1.05 bits per heavy atom. The van der Waals surface area contributed by atoms with E-state index in [0.29, 0.717) is 34.0 Å². The Bertz CT molecular complexity index is 1560. The van der Waals surface area contributed by atoms with E-state index in [9.17, 15) is 0 Å². The normalized spacial score (nSPS) is 22.1. The third kappa shape index (κ3) is 4.38. The highest BCUT2D eigenvalue weighted by Gasteiger charge is 2.43. The first-order valence-corrected chi connectivity index (χ1v) is 14.9. The van der Waals surface area contributed by atoms with Crippen molar-refractivity contribution in [3.05, 3.63) is 35.1 Å². The lowest BCUT2D eigenvalue weighted by Gasteiger charge is -2.41. The Labute approximate surface area is 235 Å². The number of anilines is 2. The zero-order valence-corrected chi connectivity index (χ0v) is 23.3. The second-order valence-corrected chi connectivity index (χ2v) is 12.2. The average molecular weight is 568 g/mol. The van der Waals surface area contributed by atoms with Crippen LogP contribution in [0.3, 0.4) is 0 Å². The predicted octanol–water partition coefficient (Wildman–Crippen LogP) is 5.09. The maximum absolute atomic E-state index is 16.6. The number of nitrogens with two attached hydrogens (primary N) is 1. The number of benzene rings is 2. The Morgan fingerprint density at radius 3 is 2.74 bits per heavy atom. The predicted molar refractivity (Wildman–Crippen MR) is 155 cm³/mol. The average Bonchev–Trinajstić information content (AvgIpc) is 3.56.